The van der Waals surface area contributed by atoms with Crippen molar-refractivity contribution in [3.8, 4) is 11.3 Å². The second kappa shape index (κ2) is 4.30. The van der Waals surface area contributed by atoms with E-state index in [9.17, 15) is 14.9 Å². The standard InChI is InChI=1S/C13H9N3O4/c1-7-4-12(15-20-7)10-6-8-5-9(16(18)19)2-3-11(8)14-13(10)17/h2-6H,1H3,(H,14,17). The van der Waals surface area contributed by atoms with Crippen molar-refractivity contribution in [3.05, 3.63) is 56.6 Å². The molecule has 0 aliphatic carbocycles. The average molecular weight is 271 g/mol. The molecular weight excluding hydrogens is 262 g/mol. The van der Waals surface area contributed by atoms with Crippen LogP contribution in [-0.4, -0.2) is 15.1 Å². The number of nitro benzene ring substituents is 1. The molecule has 7 nitrogen and oxygen atoms in total. The number of aryl methyl sites for hydroxylation is 1. The number of nitrogens with zero attached hydrogens (tertiary/aromatic N) is 2. The van der Waals surface area contributed by atoms with Crippen LogP contribution in [0.25, 0.3) is 22.2 Å². The molecule has 100 valence electrons. The Labute approximate surface area is 112 Å². The van der Waals surface area contributed by atoms with Gasteiger partial charge in [0.05, 0.1) is 10.5 Å². The molecule has 3 aromatic rings. The highest BCUT2D eigenvalue weighted by Gasteiger charge is 2.12. The summed E-state index contributed by atoms with van der Waals surface area (Å²) in [6.07, 6.45) is 0. The lowest BCUT2D eigenvalue weighted by Crippen LogP contribution is -2.08. The summed E-state index contributed by atoms with van der Waals surface area (Å²) in [5, 5.41) is 15.1. The summed E-state index contributed by atoms with van der Waals surface area (Å²) < 4.78 is 4.94. The minimum Gasteiger partial charge on any atom is -0.361 e. The average Bonchev–Trinajstić information content (AvgIpc) is 2.83. The monoisotopic (exact) mass is 271 g/mol. The predicted molar refractivity (Wildman–Crippen MR) is 71.5 cm³/mol. The third-order valence-corrected chi connectivity index (χ3v) is 2.94. The van der Waals surface area contributed by atoms with E-state index in [1.54, 1.807) is 19.1 Å². The molecular formula is C13H9N3O4. The van der Waals surface area contributed by atoms with Gasteiger partial charge < -0.3 is 9.51 Å². The summed E-state index contributed by atoms with van der Waals surface area (Å²) in [6.45, 7) is 1.72. The van der Waals surface area contributed by atoms with Crippen LogP contribution in [0.3, 0.4) is 0 Å². The van der Waals surface area contributed by atoms with Crippen LogP contribution >= 0.6 is 0 Å². The molecule has 0 bridgehead atoms. The molecule has 0 radical (unpaired) electrons. The fourth-order valence-electron chi connectivity index (χ4n) is 1.99. The Hall–Kier alpha value is -2.96. The first-order valence-corrected chi connectivity index (χ1v) is 5.80. The number of pyridine rings is 1. The minimum absolute atomic E-state index is 0.0353. The highest BCUT2D eigenvalue weighted by Crippen LogP contribution is 2.22. The highest BCUT2D eigenvalue weighted by atomic mass is 16.6. The van der Waals surface area contributed by atoms with Crippen LogP contribution in [0.2, 0.25) is 0 Å². The van der Waals surface area contributed by atoms with E-state index in [1.165, 1.54) is 18.2 Å². The maximum Gasteiger partial charge on any atom is 0.270 e. The fourth-order valence-corrected chi connectivity index (χ4v) is 1.99. The van der Waals surface area contributed by atoms with E-state index in [0.29, 0.717) is 27.9 Å². The molecule has 7 heteroatoms. The molecule has 0 unspecified atom stereocenters. The van der Waals surface area contributed by atoms with Crippen LogP contribution in [0.15, 0.2) is 39.6 Å². The Bertz CT molecular complexity index is 879. The normalized spacial score (nSPS) is 10.8. The number of hydrogen-bond donors (Lipinski definition) is 1. The molecule has 0 atom stereocenters. The number of aromatic amines is 1. The molecule has 0 saturated carbocycles. The van der Waals surface area contributed by atoms with E-state index in [0.717, 1.165) is 0 Å². The van der Waals surface area contributed by atoms with Crippen LogP contribution in [0, 0.1) is 17.0 Å². The summed E-state index contributed by atoms with van der Waals surface area (Å²) >= 11 is 0. The smallest absolute Gasteiger partial charge is 0.270 e. The third kappa shape index (κ3) is 1.95. The number of nitrogens with one attached hydrogen (secondary N) is 1. The first kappa shape index (κ1) is 12.1. The number of non-ortho nitro benzene ring substituents is 1. The van der Waals surface area contributed by atoms with Crippen molar-refractivity contribution >= 4 is 16.6 Å². The number of rotatable bonds is 2. The van der Waals surface area contributed by atoms with Crippen LogP contribution in [0.1, 0.15) is 5.76 Å². The van der Waals surface area contributed by atoms with Gasteiger partial charge in [0, 0.05) is 29.1 Å². The SMILES string of the molecule is Cc1cc(-c2cc3cc([N+](=O)[O-])ccc3[nH]c2=O)no1. The Kier molecular flexibility index (Phi) is 2.60. The molecule has 0 fully saturated rings. The lowest BCUT2D eigenvalue weighted by atomic mass is 10.1. The first-order valence-electron chi connectivity index (χ1n) is 5.80. The highest BCUT2D eigenvalue weighted by molar-refractivity contribution is 5.84. The van der Waals surface area contributed by atoms with E-state index in [-0.39, 0.29) is 11.2 Å². The summed E-state index contributed by atoms with van der Waals surface area (Å²) in [5.74, 6) is 0.582. The van der Waals surface area contributed by atoms with Gasteiger partial charge in [0.15, 0.2) is 0 Å². The van der Waals surface area contributed by atoms with Crippen LogP contribution in [0.5, 0.6) is 0 Å². The van der Waals surface area contributed by atoms with Gasteiger partial charge in [-0.25, -0.2) is 0 Å². The Morgan fingerprint density at radius 1 is 1.30 bits per heavy atom. The van der Waals surface area contributed by atoms with Crippen molar-refractivity contribution in [1.29, 1.82) is 0 Å². The Morgan fingerprint density at radius 3 is 2.75 bits per heavy atom. The van der Waals surface area contributed by atoms with E-state index in [2.05, 4.69) is 10.1 Å². The Balaban J connectivity index is 2.25. The number of aromatic nitrogens is 2. The van der Waals surface area contributed by atoms with E-state index in [1.807, 2.05) is 0 Å². The van der Waals surface area contributed by atoms with Gasteiger partial charge in [-0.3, -0.25) is 14.9 Å². The zero-order chi connectivity index (χ0) is 14.3. The lowest BCUT2D eigenvalue weighted by Gasteiger charge is -2.00. The maximum absolute atomic E-state index is 12.0. The van der Waals surface area contributed by atoms with Crippen LogP contribution in [-0.2, 0) is 0 Å². The second-order valence-electron chi connectivity index (χ2n) is 4.36. The van der Waals surface area contributed by atoms with Gasteiger partial charge in [-0.05, 0) is 19.1 Å². The summed E-state index contributed by atoms with van der Waals surface area (Å²) in [4.78, 5) is 25.0. The van der Waals surface area contributed by atoms with Gasteiger partial charge in [-0.15, -0.1) is 0 Å². The van der Waals surface area contributed by atoms with E-state index >= 15 is 0 Å². The molecule has 3 rings (SSSR count). The lowest BCUT2D eigenvalue weighted by molar-refractivity contribution is -0.384. The maximum atomic E-state index is 12.0. The molecule has 0 aliphatic heterocycles. The van der Waals surface area contributed by atoms with Gasteiger partial charge >= 0.3 is 0 Å². The molecule has 0 spiro atoms. The predicted octanol–water partition coefficient (Wildman–Crippen LogP) is 2.40. The van der Waals surface area contributed by atoms with E-state index in [4.69, 9.17) is 4.52 Å². The zero-order valence-electron chi connectivity index (χ0n) is 10.4. The number of benzene rings is 1. The molecule has 0 saturated heterocycles. The Morgan fingerprint density at radius 2 is 2.10 bits per heavy atom. The van der Waals surface area contributed by atoms with E-state index < -0.39 is 4.92 Å². The van der Waals surface area contributed by atoms with Crippen LogP contribution < -0.4 is 5.56 Å². The molecule has 0 aliphatic rings. The summed E-state index contributed by atoms with van der Waals surface area (Å²) in [5.41, 5.74) is 0.892. The minimum atomic E-state index is -0.482. The molecule has 1 N–H and O–H groups in total. The summed E-state index contributed by atoms with van der Waals surface area (Å²) in [6, 6.07) is 7.46. The molecule has 2 heterocycles. The van der Waals surface area contributed by atoms with Crippen molar-refractivity contribution in [3.63, 3.8) is 0 Å². The molecule has 2 aromatic heterocycles. The third-order valence-electron chi connectivity index (χ3n) is 2.94. The first-order chi connectivity index (χ1) is 9.54. The zero-order valence-corrected chi connectivity index (χ0v) is 10.4. The quantitative estimate of drug-likeness (QED) is 0.569. The number of nitro groups is 1. The molecule has 20 heavy (non-hydrogen) atoms. The van der Waals surface area contributed by atoms with Crippen LogP contribution in [0.4, 0.5) is 5.69 Å². The van der Waals surface area contributed by atoms with Gasteiger partial charge in [0.2, 0.25) is 0 Å². The van der Waals surface area contributed by atoms with Crippen molar-refractivity contribution in [1.82, 2.24) is 10.1 Å². The van der Waals surface area contributed by atoms with Gasteiger partial charge in [0.1, 0.15) is 11.5 Å². The molecule has 1 aromatic carbocycles. The molecule has 0 amide bonds. The number of hydrogen-bond acceptors (Lipinski definition) is 5. The summed E-state index contributed by atoms with van der Waals surface area (Å²) in [7, 11) is 0. The number of fused-ring (bicyclic) bond motifs is 1. The van der Waals surface area contributed by atoms with Crippen molar-refractivity contribution in [2.24, 2.45) is 0 Å². The van der Waals surface area contributed by atoms with Crippen molar-refractivity contribution < 1.29 is 9.45 Å². The van der Waals surface area contributed by atoms with Crippen molar-refractivity contribution in [2.45, 2.75) is 6.92 Å². The largest absolute Gasteiger partial charge is 0.361 e. The van der Waals surface area contributed by atoms with Gasteiger partial charge in [-0.1, -0.05) is 5.16 Å². The van der Waals surface area contributed by atoms with Gasteiger partial charge in [0.25, 0.3) is 11.2 Å². The topological polar surface area (TPSA) is 102 Å². The second-order valence-corrected chi connectivity index (χ2v) is 4.36. The van der Waals surface area contributed by atoms with Crippen molar-refractivity contribution in [2.75, 3.05) is 0 Å². The number of H-pyrrole nitrogens is 1. The van der Waals surface area contributed by atoms with Gasteiger partial charge in [-0.2, -0.15) is 0 Å². The fraction of sp³-hybridized carbons (Fsp3) is 0.0769.